The number of hydrogen-bond donors (Lipinski definition) is 1. The van der Waals surface area contributed by atoms with Crippen LogP contribution in [0.4, 0.5) is 0 Å². The van der Waals surface area contributed by atoms with Crippen LogP contribution >= 0.6 is 0 Å². The zero-order chi connectivity index (χ0) is 14.5. The van der Waals surface area contributed by atoms with Crippen LogP contribution in [0.1, 0.15) is 89.9 Å². The van der Waals surface area contributed by atoms with Gasteiger partial charge in [0.15, 0.2) is 0 Å². The van der Waals surface area contributed by atoms with Gasteiger partial charge in [-0.25, -0.2) is 0 Å². The van der Waals surface area contributed by atoms with Gasteiger partial charge in [0.25, 0.3) is 0 Å². The molecule has 0 heterocycles. The van der Waals surface area contributed by atoms with Crippen molar-refractivity contribution in [3.8, 4) is 0 Å². The Labute approximate surface area is 131 Å². The Morgan fingerprint density at radius 3 is 1.76 bits per heavy atom. The summed E-state index contributed by atoms with van der Waals surface area (Å²) in [6.07, 6.45) is 20.1. The van der Waals surface area contributed by atoms with Gasteiger partial charge in [-0.15, -0.1) is 0 Å². The van der Waals surface area contributed by atoms with Crippen LogP contribution in [-0.2, 0) is 0 Å². The van der Waals surface area contributed by atoms with Crippen molar-refractivity contribution in [1.29, 1.82) is 0 Å². The zero-order valence-electron chi connectivity index (χ0n) is 13.9. The highest BCUT2D eigenvalue weighted by molar-refractivity contribution is 4.87. The van der Waals surface area contributed by atoms with E-state index in [1.165, 1.54) is 96.4 Å². The highest BCUT2D eigenvalue weighted by atomic mass is 15.2. The molecule has 3 saturated carbocycles. The smallest absolute Gasteiger partial charge is 0.00983 e. The molecule has 0 spiro atoms. The molecular formula is C19H36N2. The molecule has 3 rings (SSSR count). The van der Waals surface area contributed by atoms with E-state index in [0.717, 1.165) is 18.0 Å². The summed E-state index contributed by atoms with van der Waals surface area (Å²) in [6.45, 7) is 1.36. The maximum Gasteiger partial charge on any atom is 0.00983 e. The average molecular weight is 293 g/mol. The minimum atomic E-state index is 0.489. The van der Waals surface area contributed by atoms with Crippen LogP contribution in [0.5, 0.6) is 0 Å². The van der Waals surface area contributed by atoms with Crippen LogP contribution in [0.3, 0.4) is 0 Å². The van der Waals surface area contributed by atoms with E-state index in [1.807, 2.05) is 0 Å². The normalized spacial score (nSPS) is 33.4. The third-order valence-corrected chi connectivity index (χ3v) is 6.38. The fraction of sp³-hybridized carbons (Fsp3) is 1.00. The Balaban J connectivity index is 1.62. The molecule has 3 aliphatic rings. The van der Waals surface area contributed by atoms with E-state index in [2.05, 4.69) is 4.90 Å². The van der Waals surface area contributed by atoms with Crippen molar-refractivity contribution in [1.82, 2.24) is 4.90 Å². The van der Waals surface area contributed by atoms with Gasteiger partial charge in [-0.2, -0.15) is 0 Å². The molecule has 2 heteroatoms. The molecule has 122 valence electrons. The summed E-state index contributed by atoms with van der Waals surface area (Å²) in [5.74, 6) is 0.887. The molecule has 21 heavy (non-hydrogen) atoms. The number of rotatable bonds is 4. The molecule has 0 radical (unpaired) electrons. The van der Waals surface area contributed by atoms with Gasteiger partial charge in [-0.1, -0.05) is 44.9 Å². The second kappa shape index (κ2) is 7.97. The molecule has 2 unspecified atom stereocenters. The summed E-state index contributed by atoms with van der Waals surface area (Å²) < 4.78 is 0. The Morgan fingerprint density at radius 2 is 1.24 bits per heavy atom. The lowest BCUT2D eigenvalue weighted by Gasteiger charge is -2.44. The molecule has 0 aromatic heterocycles. The topological polar surface area (TPSA) is 29.3 Å². The maximum absolute atomic E-state index is 6.24. The van der Waals surface area contributed by atoms with Crippen molar-refractivity contribution in [2.45, 2.75) is 108 Å². The first-order valence-electron chi connectivity index (χ1n) is 9.84. The minimum absolute atomic E-state index is 0.489. The van der Waals surface area contributed by atoms with E-state index in [-0.39, 0.29) is 0 Å². The molecule has 2 atom stereocenters. The summed E-state index contributed by atoms with van der Waals surface area (Å²) >= 11 is 0. The van der Waals surface area contributed by atoms with E-state index in [4.69, 9.17) is 5.73 Å². The van der Waals surface area contributed by atoms with Gasteiger partial charge < -0.3 is 5.73 Å². The van der Waals surface area contributed by atoms with Crippen molar-refractivity contribution in [3.05, 3.63) is 0 Å². The Kier molecular flexibility index (Phi) is 5.99. The van der Waals surface area contributed by atoms with Crippen LogP contribution in [0.25, 0.3) is 0 Å². The van der Waals surface area contributed by atoms with Gasteiger partial charge in [0.1, 0.15) is 0 Å². The summed E-state index contributed by atoms with van der Waals surface area (Å²) in [5.41, 5.74) is 6.24. The second-order valence-corrected chi connectivity index (χ2v) is 8.07. The first-order valence-corrected chi connectivity index (χ1v) is 9.84. The van der Waals surface area contributed by atoms with Crippen molar-refractivity contribution in [2.75, 3.05) is 6.54 Å². The van der Waals surface area contributed by atoms with Gasteiger partial charge in [-0.05, 0) is 50.9 Å². The largest absolute Gasteiger partial charge is 0.328 e. The fourth-order valence-electron chi connectivity index (χ4n) is 5.22. The van der Waals surface area contributed by atoms with Gasteiger partial charge in [-0.3, -0.25) is 4.90 Å². The number of hydrogen-bond acceptors (Lipinski definition) is 2. The predicted octanol–water partition coefficient (Wildman–Crippen LogP) is 4.47. The molecular weight excluding hydrogens is 256 g/mol. The van der Waals surface area contributed by atoms with E-state index in [1.54, 1.807) is 0 Å². The molecule has 0 saturated heterocycles. The molecule has 0 aromatic rings. The van der Waals surface area contributed by atoms with Crippen molar-refractivity contribution in [2.24, 2.45) is 11.7 Å². The standard InChI is InChI=1S/C19H36N2/c20-17-9-7-8-16(14-17)15-21(18-10-3-1-4-11-18)19-12-5-2-6-13-19/h16-19H,1-15,20H2. The summed E-state index contributed by atoms with van der Waals surface area (Å²) in [7, 11) is 0. The highest BCUT2D eigenvalue weighted by Crippen LogP contribution is 2.33. The van der Waals surface area contributed by atoms with Crippen LogP contribution in [0, 0.1) is 5.92 Å². The lowest BCUT2D eigenvalue weighted by Crippen LogP contribution is -2.48. The summed E-state index contributed by atoms with van der Waals surface area (Å²) in [4.78, 5) is 2.99. The molecule has 0 bridgehead atoms. The fourth-order valence-corrected chi connectivity index (χ4v) is 5.22. The number of nitrogens with two attached hydrogens (primary N) is 1. The Morgan fingerprint density at radius 1 is 0.667 bits per heavy atom. The highest BCUT2D eigenvalue weighted by Gasteiger charge is 2.31. The van der Waals surface area contributed by atoms with Crippen molar-refractivity contribution in [3.63, 3.8) is 0 Å². The van der Waals surface area contributed by atoms with E-state index in [0.29, 0.717) is 6.04 Å². The first-order chi connectivity index (χ1) is 10.3. The Hall–Kier alpha value is -0.0800. The van der Waals surface area contributed by atoms with Crippen molar-refractivity contribution >= 4 is 0 Å². The third-order valence-electron chi connectivity index (χ3n) is 6.38. The molecule has 0 amide bonds. The predicted molar refractivity (Wildman–Crippen MR) is 90.4 cm³/mol. The van der Waals surface area contributed by atoms with E-state index < -0.39 is 0 Å². The first kappa shape index (κ1) is 15.8. The van der Waals surface area contributed by atoms with Crippen LogP contribution < -0.4 is 5.73 Å². The van der Waals surface area contributed by atoms with E-state index >= 15 is 0 Å². The molecule has 2 N–H and O–H groups in total. The number of nitrogens with zero attached hydrogens (tertiary/aromatic N) is 1. The van der Waals surface area contributed by atoms with Crippen LogP contribution in [0.15, 0.2) is 0 Å². The van der Waals surface area contributed by atoms with Gasteiger partial charge in [0.2, 0.25) is 0 Å². The molecule has 3 aliphatic carbocycles. The zero-order valence-corrected chi connectivity index (χ0v) is 13.9. The maximum atomic E-state index is 6.24. The Bertz CT molecular complexity index is 274. The van der Waals surface area contributed by atoms with Gasteiger partial charge in [0.05, 0.1) is 0 Å². The summed E-state index contributed by atoms with van der Waals surface area (Å²) in [6, 6.07) is 2.29. The lowest BCUT2D eigenvalue weighted by atomic mass is 9.83. The average Bonchev–Trinajstić information content (AvgIpc) is 2.54. The third kappa shape index (κ3) is 4.45. The van der Waals surface area contributed by atoms with E-state index in [9.17, 15) is 0 Å². The quantitative estimate of drug-likeness (QED) is 0.828. The second-order valence-electron chi connectivity index (χ2n) is 8.07. The molecule has 2 nitrogen and oxygen atoms in total. The minimum Gasteiger partial charge on any atom is -0.328 e. The molecule has 0 aliphatic heterocycles. The van der Waals surface area contributed by atoms with Crippen molar-refractivity contribution < 1.29 is 0 Å². The molecule has 0 aromatic carbocycles. The lowest BCUT2D eigenvalue weighted by molar-refractivity contribution is 0.0556. The monoisotopic (exact) mass is 292 g/mol. The van der Waals surface area contributed by atoms with Gasteiger partial charge >= 0.3 is 0 Å². The van der Waals surface area contributed by atoms with Gasteiger partial charge in [0, 0.05) is 24.7 Å². The van der Waals surface area contributed by atoms with Crippen LogP contribution in [-0.4, -0.2) is 29.6 Å². The molecule has 3 fully saturated rings. The SMILES string of the molecule is NC1CCCC(CN(C2CCCCC2)C2CCCCC2)C1. The van der Waals surface area contributed by atoms with Crippen LogP contribution in [0.2, 0.25) is 0 Å². The summed E-state index contributed by atoms with van der Waals surface area (Å²) in [5, 5.41) is 0.